The topological polar surface area (TPSA) is 49.4 Å². The third-order valence-corrected chi connectivity index (χ3v) is 4.69. The Hall–Kier alpha value is -2.62. The number of hydrogen-bond donors (Lipinski definition) is 1. The molecule has 2 aromatic rings. The normalized spacial score (nSPS) is 11.2. The van der Waals surface area contributed by atoms with E-state index in [9.17, 15) is 9.59 Å². The van der Waals surface area contributed by atoms with Crippen LogP contribution in [0.15, 0.2) is 42.5 Å². The van der Waals surface area contributed by atoms with Crippen molar-refractivity contribution >= 4 is 23.2 Å². The molecule has 0 aliphatic heterocycles. The lowest BCUT2D eigenvalue weighted by Gasteiger charge is -2.25. The van der Waals surface area contributed by atoms with Gasteiger partial charge in [-0.3, -0.25) is 9.59 Å². The number of para-hydroxylation sites is 1. The summed E-state index contributed by atoms with van der Waals surface area (Å²) in [7, 11) is 0. The quantitative estimate of drug-likeness (QED) is 0.811. The minimum atomic E-state index is -0.101. The summed E-state index contributed by atoms with van der Waals surface area (Å²) >= 11 is 0. The number of anilines is 2. The van der Waals surface area contributed by atoms with Crippen LogP contribution in [0.5, 0.6) is 0 Å². The summed E-state index contributed by atoms with van der Waals surface area (Å²) in [6.07, 6.45) is 0.244. The summed E-state index contributed by atoms with van der Waals surface area (Å²) in [4.78, 5) is 26.2. The lowest BCUT2D eigenvalue weighted by atomic mass is 9.87. The highest BCUT2D eigenvalue weighted by atomic mass is 16.2. The summed E-state index contributed by atoms with van der Waals surface area (Å²) in [5.74, 6) is -0.161. The number of nitrogens with one attached hydrogen (secondary N) is 1. The fourth-order valence-electron chi connectivity index (χ4n) is 3.15. The second kappa shape index (κ2) is 8.38. The Bertz CT molecular complexity index is 797. The molecular formula is C23H30N2O2. The predicted molar refractivity (Wildman–Crippen MR) is 112 cm³/mol. The first-order chi connectivity index (χ1) is 12.6. The number of nitrogens with zero attached hydrogens (tertiary/aromatic N) is 1. The van der Waals surface area contributed by atoms with E-state index in [-0.39, 0.29) is 23.7 Å². The monoisotopic (exact) mass is 366 g/mol. The van der Waals surface area contributed by atoms with Crippen LogP contribution in [0.25, 0.3) is 0 Å². The molecule has 0 aliphatic rings. The molecule has 0 saturated heterocycles. The average Bonchev–Trinajstić information content (AvgIpc) is 2.56. The Labute approximate surface area is 162 Å². The Morgan fingerprint density at radius 2 is 1.52 bits per heavy atom. The van der Waals surface area contributed by atoms with E-state index in [1.165, 1.54) is 12.5 Å². The van der Waals surface area contributed by atoms with Gasteiger partial charge in [-0.15, -0.1) is 0 Å². The number of amides is 2. The van der Waals surface area contributed by atoms with E-state index in [1.54, 1.807) is 4.90 Å². The summed E-state index contributed by atoms with van der Waals surface area (Å²) in [6, 6.07) is 13.9. The predicted octanol–water partition coefficient (Wildman–Crippen LogP) is 4.98. The van der Waals surface area contributed by atoms with Crippen molar-refractivity contribution in [2.75, 3.05) is 16.8 Å². The van der Waals surface area contributed by atoms with Crippen molar-refractivity contribution in [3.63, 3.8) is 0 Å². The molecule has 2 rings (SSSR count). The van der Waals surface area contributed by atoms with Gasteiger partial charge < -0.3 is 10.2 Å². The molecule has 0 heterocycles. The van der Waals surface area contributed by atoms with Crippen LogP contribution in [0.4, 0.5) is 11.4 Å². The Morgan fingerprint density at radius 3 is 2.00 bits per heavy atom. The van der Waals surface area contributed by atoms with Crippen LogP contribution in [0, 0.1) is 13.8 Å². The van der Waals surface area contributed by atoms with Gasteiger partial charge in [0.05, 0.1) is 0 Å². The zero-order chi connectivity index (χ0) is 20.2. The molecule has 2 amide bonds. The Balaban J connectivity index is 2.03. The first-order valence-electron chi connectivity index (χ1n) is 9.34. The fraction of sp³-hybridized carbons (Fsp3) is 0.391. The lowest BCUT2D eigenvalue weighted by molar-refractivity contribution is -0.117. The van der Waals surface area contributed by atoms with Crippen LogP contribution < -0.4 is 10.2 Å². The molecule has 27 heavy (non-hydrogen) atoms. The number of carbonyl (C=O) groups is 2. The first kappa shape index (κ1) is 20.7. The maximum absolute atomic E-state index is 12.4. The smallest absolute Gasteiger partial charge is 0.226 e. The van der Waals surface area contributed by atoms with Crippen molar-refractivity contribution in [1.82, 2.24) is 0 Å². The molecule has 0 spiro atoms. The van der Waals surface area contributed by atoms with Crippen LogP contribution in [0.1, 0.15) is 50.8 Å². The zero-order valence-corrected chi connectivity index (χ0v) is 17.2. The molecule has 4 nitrogen and oxygen atoms in total. The third-order valence-electron chi connectivity index (χ3n) is 4.69. The molecule has 144 valence electrons. The van der Waals surface area contributed by atoms with E-state index < -0.39 is 0 Å². The molecule has 0 bridgehead atoms. The van der Waals surface area contributed by atoms with Crippen LogP contribution in [0.3, 0.4) is 0 Å². The summed E-state index contributed by atoms with van der Waals surface area (Å²) < 4.78 is 0. The fourth-order valence-corrected chi connectivity index (χ4v) is 3.15. The van der Waals surface area contributed by atoms with E-state index in [0.717, 1.165) is 22.5 Å². The first-order valence-corrected chi connectivity index (χ1v) is 9.34. The minimum Gasteiger partial charge on any atom is -0.326 e. The SMILES string of the molecule is CC(=O)N(CCC(=O)Nc1ccc(C(C)(C)C)cc1)c1c(C)cccc1C. The lowest BCUT2D eigenvalue weighted by Crippen LogP contribution is -2.33. The second-order valence-corrected chi connectivity index (χ2v) is 8.04. The van der Waals surface area contributed by atoms with Crippen molar-refractivity contribution in [1.29, 1.82) is 0 Å². The number of carbonyl (C=O) groups excluding carboxylic acids is 2. The molecule has 1 N–H and O–H groups in total. The molecule has 2 aromatic carbocycles. The molecule has 0 radical (unpaired) electrons. The maximum atomic E-state index is 12.4. The van der Waals surface area contributed by atoms with Crippen LogP contribution in [0.2, 0.25) is 0 Å². The van der Waals surface area contributed by atoms with Gasteiger partial charge in [0.15, 0.2) is 0 Å². The van der Waals surface area contributed by atoms with Gasteiger partial charge in [0.25, 0.3) is 0 Å². The van der Waals surface area contributed by atoms with Gasteiger partial charge in [-0.1, -0.05) is 51.1 Å². The molecule has 0 aliphatic carbocycles. The number of aryl methyl sites for hydroxylation is 2. The van der Waals surface area contributed by atoms with E-state index >= 15 is 0 Å². The second-order valence-electron chi connectivity index (χ2n) is 8.04. The summed E-state index contributed by atoms with van der Waals surface area (Å²) in [6.45, 7) is 12.3. The van der Waals surface area contributed by atoms with Crippen LogP contribution in [-0.2, 0) is 15.0 Å². The van der Waals surface area contributed by atoms with Gasteiger partial charge in [0.1, 0.15) is 0 Å². The zero-order valence-electron chi connectivity index (χ0n) is 17.2. The van der Waals surface area contributed by atoms with Crippen molar-refractivity contribution < 1.29 is 9.59 Å². The molecule has 0 aromatic heterocycles. The van der Waals surface area contributed by atoms with Crippen molar-refractivity contribution in [3.8, 4) is 0 Å². The van der Waals surface area contributed by atoms with Crippen LogP contribution >= 0.6 is 0 Å². The van der Waals surface area contributed by atoms with E-state index in [4.69, 9.17) is 0 Å². The Morgan fingerprint density at radius 1 is 0.963 bits per heavy atom. The number of benzene rings is 2. The minimum absolute atomic E-state index is 0.0604. The molecule has 0 fully saturated rings. The maximum Gasteiger partial charge on any atom is 0.226 e. The largest absolute Gasteiger partial charge is 0.326 e. The van der Waals surface area contributed by atoms with Gasteiger partial charge in [-0.2, -0.15) is 0 Å². The van der Waals surface area contributed by atoms with Gasteiger partial charge >= 0.3 is 0 Å². The van der Waals surface area contributed by atoms with Crippen LogP contribution in [-0.4, -0.2) is 18.4 Å². The van der Waals surface area contributed by atoms with Gasteiger partial charge in [0, 0.05) is 31.3 Å². The molecule has 0 saturated carbocycles. The summed E-state index contributed by atoms with van der Waals surface area (Å²) in [5, 5.41) is 2.92. The highest BCUT2D eigenvalue weighted by Gasteiger charge is 2.18. The van der Waals surface area contributed by atoms with E-state index in [0.29, 0.717) is 6.54 Å². The molecule has 0 atom stereocenters. The van der Waals surface area contributed by atoms with Crippen molar-refractivity contribution in [2.24, 2.45) is 0 Å². The molecule has 0 unspecified atom stereocenters. The highest BCUT2D eigenvalue weighted by Crippen LogP contribution is 2.25. The number of rotatable bonds is 5. The van der Waals surface area contributed by atoms with E-state index in [2.05, 4.69) is 26.1 Å². The number of hydrogen-bond acceptors (Lipinski definition) is 2. The van der Waals surface area contributed by atoms with Gasteiger partial charge in [0.2, 0.25) is 11.8 Å². The van der Waals surface area contributed by atoms with Gasteiger partial charge in [-0.25, -0.2) is 0 Å². The third kappa shape index (κ3) is 5.43. The average molecular weight is 367 g/mol. The Kier molecular flexibility index (Phi) is 6.42. The van der Waals surface area contributed by atoms with Gasteiger partial charge in [-0.05, 0) is 48.1 Å². The molecular weight excluding hydrogens is 336 g/mol. The van der Waals surface area contributed by atoms with E-state index in [1.807, 2.05) is 56.3 Å². The standard InChI is InChI=1S/C23H30N2O2/c1-16-8-7-9-17(2)22(16)25(18(3)26)15-14-21(27)24-20-12-10-19(11-13-20)23(4,5)6/h7-13H,14-15H2,1-6H3,(H,24,27). The molecule has 4 heteroatoms. The highest BCUT2D eigenvalue weighted by molar-refractivity contribution is 5.95. The van der Waals surface area contributed by atoms with Crippen molar-refractivity contribution in [3.05, 3.63) is 59.2 Å². The van der Waals surface area contributed by atoms with Crippen molar-refractivity contribution in [2.45, 2.75) is 53.4 Å². The summed E-state index contributed by atoms with van der Waals surface area (Å²) in [5.41, 5.74) is 5.03.